The van der Waals surface area contributed by atoms with E-state index in [4.69, 9.17) is 9.40 Å². The van der Waals surface area contributed by atoms with Gasteiger partial charge in [-0.15, -0.1) is 11.3 Å². The molecule has 9 aromatic rings. The van der Waals surface area contributed by atoms with Crippen molar-refractivity contribution in [2.75, 3.05) is 4.90 Å². The van der Waals surface area contributed by atoms with Crippen molar-refractivity contribution in [1.82, 2.24) is 4.98 Å². The molecule has 0 unspecified atom stereocenters. The SMILES string of the molecule is c1ccc(-c2ccc(N(c3ccc4oc5ccccc5c4c3)c3cccc4sc5c6ccccc6cnc5c34)cc2)cc1. The van der Waals surface area contributed by atoms with Crippen LogP contribution in [-0.2, 0) is 0 Å². The molecular formula is C39H24N2OS. The average molecular weight is 569 g/mol. The molecule has 9 rings (SSSR count). The Hall–Kier alpha value is -5.45. The smallest absolute Gasteiger partial charge is 0.135 e. The lowest BCUT2D eigenvalue weighted by molar-refractivity contribution is 0.669. The van der Waals surface area contributed by atoms with Crippen molar-refractivity contribution < 1.29 is 4.42 Å². The Kier molecular flexibility index (Phi) is 5.37. The third-order valence-electron chi connectivity index (χ3n) is 8.30. The molecule has 0 saturated carbocycles. The highest BCUT2D eigenvalue weighted by atomic mass is 32.1. The Labute approximate surface area is 251 Å². The number of benzene rings is 6. The van der Waals surface area contributed by atoms with Gasteiger partial charge in [-0.1, -0.05) is 91.0 Å². The van der Waals surface area contributed by atoms with Gasteiger partial charge in [-0.05, 0) is 59.7 Å². The number of pyridine rings is 1. The van der Waals surface area contributed by atoms with Gasteiger partial charge in [0.05, 0.1) is 15.9 Å². The highest BCUT2D eigenvalue weighted by Gasteiger charge is 2.21. The van der Waals surface area contributed by atoms with Crippen LogP contribution in [0.5, 0.6) is 0 Å². The second-order valence-electron chi connectivity index (χ2n) is 10.8. The van der Waals surface area contributed by atoms with Crippen LogP contribution in [0.1, 0.15) is 0 Å². The van der Waals surface area contributed by atoms with Crippen LogP contribution in [0, 0.1) is 0 Å². The Morgan fingerprint density at radius 2 is 1.28 bits per heavy atom. The van der Waals surface area contributed by atoms with Crippen molar-refractivity contribution in [1.29, 1.82) is 0 Å². The monoisotopic (exact) mass is 568 g/mol. The molecule has 0 fully saturated rings. The van der Waals surface area contributed by atoms with Gasteiger partial charge in [0.1, 0.15) is 11.2 Å². The van der Waals surface area contributed by atoms with E-state index < -0.39 is 0 Å². The van der Waals surface area contributed by atoms with Crippen LogP contribution in [-0.4, -0.2) is 4.98 Å². The molecule has 0 N–H and O–H groups in total. The minimum atomic E-state index is 0.886. The van der Waals surface area contributed by atoms with E-state index in [1.54, 1.807) is 0 Å². The highest BCUT2D eigenvalue weighted by molar-refractivity contribution is 7.26. The first kappa shape index (κ1) is 24.2. The normalized spacial score (nSPS) is 11.7. The quantitative estimate of drug-likeness (QED) is 0.211. The molecule has 3 heterocycles. The molecule has 0 aliphatic rings. The number of furan rings is 1. The van der Waals surface area contributed by atoms with Crippen LogP contribution in [0.15, 0.2) is 150 Å². The molecule has 202 valence electrons. The molecule has 0 amide bonds. The van der Waals surface area contributed by atoms with E-state index in [0.29, 0.717) is 0 Å². The number of anilines is 3. The number of nitrogens with zero attached hydrogens (tertiary/aromatic N) is 2. The summed E-state index contributed by atoms with van der Waals surface area (Å²) in [5.74, 6) is 0. The number of thiophene rings is 1. The van der Waals surface area contributed by atoms with E-state index in [9.17, 15) is 0 Å². The molecule has 0 spiro atoms. The van der Waals surface area contributed by atoms with Crippen molar-refractivity contribution in [3.05, 3.63) is 146 Å². The summed E-state index contributed by atoms with van der Waals surface area (Å²) in [7, 11) is 0. The van der Waals surface area contributed by atoms with Crippen molar-refractivity contribution in [3.63, 3.8) is 0 Å². The molecule has 0 aliphatic heterocycles. The van der Waals surface area contributed by atoms with E-state index in [2.05, 4.69) is 132 Å². The molecule has 6 aromatic carbocycles. The summed E-state index contributed by atoms with van der Waals surface area (Å²) >= 11 is 1.81. The van der Waals surface area contributed by atoms with Gasteiger partial charge in [0, 0.05) is 49.2 Å². The van der Waals surface area contributed by atoms with Crippen molar-refractivity contribution in [2.45, 2.75) is 0 Å². The van der Waals surface area contributed by atoms with Crippen LogP contribution in [0.25, 0.3) is 64.1 Å². The predicted molar refractivity (Wildman–Crippen MR) is 182 cm³/mol. The van der Waals surface area contributed by atoms with Crippen LogP contribution < -0.4 is 4.90 Å². The Morgan fingerprint density at radius 3 is 2.16 bits per heavy atom. The summed E-state index contributed by atoms with van der Waals surface area (Å²) in [6, 6.07) is 49.2. The summed E-state index contributed by atoms with van der Waals surface area (Å²) in [6.45, 7) is 0. The lowest BCUT2D eigenvalue weighted by Gasteiger charge is -2.26. The van der Waals surface area contributed by atoms with E-state index >= 15 is 0 Å². The second-order valence-corrected chi connectivity index (χ2v) is 11.9. The molecule has 3 aromatic heterocycles. The van der Waals surface area contributed by atoms with Gasteiger partial charge in [-0.3, -0.25) is 4.98 Å². The number of para-hydroxylation sites is 1. The predicted octanol–water partition coefficient (Wildman–Crippen LogP) is 11.6. The first-order chi connectivity index (χ1) is 21.3. The van der Waals surface area contributed by atoms with Gasteiger partial charge in [0.15, 0.2) is 0 Å². The maximum atomic E-state index is 6.19. The Morgan fingerprint density at radius 1 is 0.558 bits per heavy atom. The second kappa shape index (κ2) is 9.55. The molecule has 0 radical (unpaired) electrons. The first-order valence-corrected chi connectivity index (χ1v) is 15.2. The minimum absolute atomic E-state index is 0.886. The molecular weight excluding hydrogens is 545 g/mol. The van der Waals surface area contributed by atoms with Crippen molar-refractivity contribution in [3.8, 4) is 11.1 Å². The van der Waals surface area contributed by atoms with Gasteiger partial charge >= 0.3 is 0 Å². The first-order valence-electron chi connectivity index (χ1n) is 14.4. The van der Waals surface area contributed by atoms with Gasteiger partial charge in [-0.2, -0.15) is 0 Å². The van der Waals surface area contributed by atoms with E-state index in [1.165, 1.54) is 25.9 Å². The fourth-order valence-electron chi connectivity index (χ4n) is 6.27. The zero-order chi connectivity index (χ0) is 28.3. The highest BCUT2D eigenvalue weighted by Crippen LogP contribution is 2.46. The summed E-state index contributed by atoms with van der Waals surface area (Å²) in [4.78, 5) is 7.40. The maximum absolute atomic E-state index is 6.19. The number of aromatic nitrogens is 1. The fraction of sp³-hybridized carbons (Fsp3) is 0. The van der Waals surface area contributed by atoms with Crippen LogP contribution in [0.4, 0.5) is 17.1 Å². The van der Waals surface area contributed by atoms with Gasteiger partial charge in [0.25, 0.3) is 0 Å². The Balaban J connectivity index is 1.31. The third kappa shape index (κ3) is 3.84. The average Bonchev–Trinajstić information content (AvgIpc) is 3.65. The zero-order valence-corrected chi connectivity index (χ0v) is 23.9. The van der Waals surface area contributed by atoms with Crippen molar-refractivity contribution >= 4 is 81.4 Å². The Bertz CT molecular complexity index is 2460. The zero-order valence-electron chi connectivity index (χ0n) is 23.1. The lowest BCUT2D eigenvalue weighted by Crippen LogP contribution is -2.10. The van der Waals surface area contributed by atoms with E-state index in [-0.39, 0.29) is 0 Å². The van der Waals surface area contributed by atoms with Crippen LogP contribution in [0.2, 0.25) is 0 Å². The maximum Gasteiger partial charge on any atom is 0.135 e. The van der Waals surface area contributed by atoms with Crippen molar-refractivity contribution in [2.24, 2.45) is 0 Å². The van der Waals surface area contributed by atoms with Crippen LogP contribution >= 0.6 is 11.3 Å². The van der Waals surface area contributed by atoms with E-state index in [1.807, 2.05) is 29.7 Å². The number of hydrogen-bond donors (Lipinski definition) is 0. The summed E-state index contributed by atoms with van der Waals surface area (Å²) in [5.41, 5.74) is 8.47. The molecule has 0 bridgehead atoms. The van der Waals surface area contributed by atoms with Gasteiger partial charge in [-0.25, -0.2) is 0 Å². The summed E-state index contributed by atoms with van der Waals surface area (Å²) < 4.78 is 8.63. The third-order valence-corrected chi connectivity index (χ3v) is 9.48. The number of hydrogen-bond acceptors (Lipinski definition) is 4. The van der Waals surface area contributed by atoms with Gasteiger partial charge in [0.2, 0.25) is 0 Å². The topological polar surface area (TPSA) is 29.3 Å². The molecule has 0 aliphatic carbocycles. The molecule has 3 nitrogen and oxygen atoms in total. The molecule has 0 atom stereocenters. The number of fused-ring (bicyclic) bond motifs is 8. The lowest BCUT2D eigenvalue weighted by atomic mass is 10.0. The van der Waals surface area contributed by atoms with E-state index in [0.717, 1.165) is 55.3 Å². The molecule has 0 saturated heterocycles. The standard InChI is InChI=1S/C39H24N2OS/c1-2-9-25(10-3-1)26-17-19-28(20-18-26)41(29-21-22-35-32(23-29)31-13-6-7-15-34(31)42-35)33-14-8-16-36-37(33)38-39(43-36)30-12-5-4-11-27(30)24-40-38/h1-24H. The van der Waals surface area contributed by atoms with Crippen LogP contribution in [0.3, 0.4) is 0 Å². The summed E-state index contributed by atoms with van der Waals surface area (Å²) in [6.07, 6.45) is 2.00. The molecule has 4 heteroatoms. The number of rotatable bonds is 4. The summed E-state index contributed by atoms with van der Waals surface area (Å²) in [5, 5.41) is 5.78. The fourth-order valence-corrected chi connectivity index (χ4v) is 7.49. The molecule has 43 heavy (non-hydrogen) atoms. The van der Waals surface area contributed by atoms with Gasteiger partial charge < -0.3 is 9.32 Å². The largest absolute Gasteiger partial charge is 0.456 e. The minimum Gasteiger partial charge on any atom is -0.456 e.